The number of nitrogens with zero attached hydrogens (tertiary/aromatic N) is 1. The molecule has 0 aromatic rings. The van der Waals surface area contributed by atoms with Crippen LogP contribution in [0.4, 0.5) is 0 Å². The molecule has 15 heavy (non-hydrogen) atoms. The number of rotatable bonds is 4. The molecule has 0 bridgehead atoms. The first-order valence-electron chi connectivity index (χ1n) is 6.46. The van der Waals surface area contributed by atoms with Gasteiger partial charge >= 0.3 is 0 Å². The van der Waals surface area contributed by atoms with Crippen LogP contribution in [-0.4, -0.2) is 30.6 Å². The largest absolute Gasteiger partial charge is 0.328 e. The highest BCUT2D eigenvalue weighted by molar-refractivity contribution is 4.78. The minimum absolute atomic E-state index is 0.315. The highest BCUT2D eigenvalue weighted by Crippen LogP contribution is 2.26. The van der Waals surface area contributed by atoms with Gasteiger partial charge in [-0.3, -0.25) is 0 Å². The lowest BCUT2D eigenvalue weighted by molar-refractivity contribution is 0.147. The van der Waals surface area contributed by atoms with Crippen LogP contribution in [0.15, 0.2) is 0 Å². The van der Waals surface area contributed by atoms with Crippen molar-refractivity contribution in [3.63, 3.8) is 0 Å². The zero-order chi connectivity index (χ0) is 11.4. The molecular weight excluding hydrogens is 184 g/mol. The Morgan fingerprint density at radius 1 is 1.20 bits per heavy atom. The molecule has 1 aliphatic rings. The third-order valence-electron chi connectivity index (χ3n) is 4.08. The first-order chi connectivity index (χ1) is 7.00. The van der Waals surface area contributed by atoms with Gasteiger partial charge in [0.25, 0.3) is 0 Å². The van der Waals surface area contributed by atoms with E-state index in [0.717, 1.165) is 18.5 Å². The Bertz CT molecular complexity index is 171. The van der Waals surface area contributed by atoms with E-state index in [9.17, 15) is 0 Å². The predicted octanol–water partition coefficient (Wildman–Crippen LogP) is 2.48. The van der Waals surface area contributed by atoms with Crippen molar-refractivity contribution < 1.29 is 0 Å². The van der Waals surface area contributed by atoms with Gasteiger partial charge in [-0.05, 0) is 51.5 Å². The normalized spacial score (nSPS) is 31.6. The second kappa shape index (κ2) is 5.86. The molecule has 0 heterocycles. The third kappa shape index (κ3) is 4.12. The van der Waals surface area contributed by atoms with Gasteiger partial charge in [-0.2, -0.15) is 0 Å². The maximum absolute atomic E-state index is 5.91. The molecule has 1 aliphatic carbocycles. The molecule has 1 rings (SSSR count). The zero-order valence-corrected chi connectivity index (χ0v) is 10.9. The average Bonchev–Trinajstić information content (AvgIpc) is 2.18. The van der Waals surface area contributed by atoms with Gasteiger partial charge in [-0.25, -0.2) is 0 Å². The van der Waals surface area contributed by atoms with Crippen molar-refractivity contribution in [2.45, 2.75) is 58.5 Å². The number of hydrogen-bond acceptors (Lipinski definition) is 2. The Kier molecular flexibility index (Phi) is 5.07. The van der Waals surface area contributed by atoms with Crippen molar-refractivity contribution in [3.05, 3.63) is 0 Å². The van der Waals surface area contributed by atoms with Crippen LogP contribution in [0.1, 0.15) is 46.5 Å². The van der Waals surface area contributed by atoms with Crippen LogP contribution >= 0.6 is 0 Å². The van der Waals surface area contributed by atoms with Crippen molar-refractivity contribution in [3.8, 4) is 0 Å². The second-order valence-corrected chi connectivity index (χ2v) is 5.69. The Balaban J connectivity index is 2.30. The molecule has 90 valence electrons. The van der Waals surface area contributed by atoms with Crippen molar-refractivity contribution in [2.75, 3.05) is 13.6 Å². The van der Waals surface area contributed by atoms with Gasteiger partial charge in [0.2, 0.25) is 0 Å². The van der Waals surface area contributed by atoms with E-state index in [0.29, 0.717) is 12.0 Å². The van der Waals surface area contributed by atoms with Crippen LogP contribution in [0.5, 0.6) is 0 Å². The van der Waals surface area contributed by atoms with E-state index >= 15 is 0 Å². The molecule has 0 aliphatic heterocycles. The quantitative estimate of drug-likeness (QED) is 0.776. The summed E-state index contributed by atoms with van der Waals surface area (Å²) in [6.07, 6.45) is 5.57. The molecule has 0 radical (unpaired) electrons. The van der Waals surface area contributed by atoms with E-state index in [2.05, 4.69) is 32.7 Å². The molecule has 2 atom stereocenters. The molecule has 2 nitrogen and oxygen atoms in total. The summed E-state index contributed by atoms with van der Waals surface area (Å²) in [7, 11) is 2.26. The molecular formula is C13H28N2. The topological polar surface area (TPSA) is 29.3 Å². The van der Waals surface area contributed by atoms with Crippen LogP contribution in [-0.2, 0) is 0 Å². The lowest BCUT2D eigenvalue weighted by atomic mass is 9.86. The fourth-order valence-corrected chi connectivity index (χ4v) is 2.45. The van der Waals surface area contributed by atoms with Crippen molar-refractivity contribution >= 4 is 0 Å². The standard InChI is InChI=1S/C13H28N2/c1-10-5-7-13(8-6-10)15(4)9-11(2)12(3)14/h10-13H,5-9,14H2,1-4H3. The van der Waals surface area contributed by atoms with E-state index in [1.807, 2.05) is 0 Å². The summed E-state index contributed by atoms with van der Waals surface area (Å²) in [5.74, 6) is 1.55. The van der Waals surface area contributed by atoms with Crippen LogP contribution in [0, 0.1) is 11.8 Å². The Morgan fingerprint density at radius 2 is 1.73 bits per heavy atom. The van der Waals surface area contributed by atoms with Gasteiger partial charge in [0.15, 0.2) is 0 Å². The van der Waals surface area contributed by atoms with Crippen LogP contribution < -0.4 is 5.73 Å². The second-order valence-electron chi connectivity index (χ2n) is 5.69. The smallest absolute Gasteiger partial charge is 0.00925 e. The van der Waals surface area contributed by atoms with Gasteiger partial charge in [-0.1, -0.05) is 13.8 Å². The SMILES string of the molecule is CC1CCC(N(C)CC(C)C(C)N)CC1. The first kappa shape index (κ1) is 13.0. The number of hydrogen-bond donors (Lipinski definition) is 1. The maximum Gasteiger partial charge on any atom is 0.00925 e. The van der Waals surface area contributed by atoms with Gasteiger partial charge in [0.05, 0.1) is 0 Å². The van der Waals surface area contributed by atoms with Gasteiger partial charge in [0.1, 0.15) is 0 Å². The van der Waals surface area contributed by atoms with Crippen molar-refractivity contribution in [1.29, 1.82) is 0 Å². The van der Waals surface area contributed by atoms with Crippen LogP contribution in [0.3, 0.4) is 0 Å². The van der Waals surface area contributed by atoms with Crippen molar-refractivity contribution in [2.24, 2.45) is 17.6 Å². The Labute approximate surface area is 95.2 Å². The predicted molar refractivity (Wildman–Crippen MR) is 66.9 cm³/mol. The molecule has 0 aromatic carbocycles. The highest BCUT2D eigenvalue weighted by atomic mass is 15.1. The van der Waals surface area contributed by atoms with Gasteiger partial charge in [-0.15, -0.1) is 0 Å². The lowest BCUT2D eigenvalue weighted by Crippen LogP contribution is -2.41. The third-order valence-corrected chi connectivity index (χ3v) is 4.08. The highest BCUT2D eigenvalue weighted by Gasteiger charge is 2.23. The van der Waals surface area contributed by atoms with Gasteiger partial charge < -0.3 is 10.6 Å². The van der Waals surface area contributed by atoms with Crippen LogP contribution in [0.25, 0.3) is 0 Å². The summed E-state index contributed by atoms with van der Waals surface area (Å²) in [6.45, 7) is 7.89. The molecule has 0 aromatic heterocycles. The van der Waals surface area contributed by atoms with E-state index in [4.69, 9.17) is 5.73 Å². The summed E-state index contributed by atoms with van der Waals surface area (Å²) < 4.78 is 0. The Morgan fingerprint density at radius 3 is 2.20 bits per heavy atom. The van der Waals surface area contributed by atoms with E-state index < -0.39 is 0 Å². The summed E-state index contributed by atoms with van der Waals surface area (Å²) in [4.78, 5) is 2.53. The van der Waals surface area contributed by atoms with E-state index in [-0.39, 0.29) is 0 Å². The minimum Gasteiger partial charge on any atom is -0.328 e. The summed E-state index contributed by atoms with van der Waals surface area (Å²) in [5.41, 5.74) is 5.91. The Hall–Kier alpha value is -0.0800. The zero-order valence-electron chi connectivity index (χ0n) is 10.9. The fraction of sp³-hybridized carbons (Fsp3) is 1.00. The molecule has 0 amide bonds. The first-order valence-corrected chi connectivity index (χ1v) is 6.46. The lowest BCUT2D eigenvalue weighted by Gasteiger charge is -2.35. The molecule has 0 spiro atoms. The number of nitrogens with two attached hydrogens (primary N) is 1. The fourth-order valence-electron chi connectivity index (χ4n) is 2.45. The molecule has 2 unspecified atom stereocenters. The minimum atomic E-state index is 0.315. The molecule has 2 heteroatoms. The molecule has 1 saturated carbocycles. The van der Waals surface area contributed by atoms with E-state index in [1.165, 1.54) is 25.7 Å². The summed E-state index contributed by atoms with van der Waals surface area (Å²) in [6, 6.07) is 1.12. The molecule has 0 saturated heterocycles. The van der Waals surface area contributed by atoms with Crippen LogP contribution in [0.2, 0.25) is 0 Å². The summed E-state index contributed by atoms with van der Waals surface area (Å²) >= 11 is 0. The molecule has 1 fully saturated rings. The molecule has 2 N–H and O–H groups in total. The maximum atomic E-state index is 5.91. The average molecular weight is 212 g/mol. The van der Waals surface area contributed by atoms with E-state index in [1.54, 1.807) is 0 Å². The monoisotopic (exact) mass is 212 g/mol. The van der Waals surface area contributed by atoms with Crippen molar-refractivity contribution in [1.82, 2.24) is 4.90 Å². The summed E-state index contributed by atoms with van der Waals surface area (Å²) in [5, 5.41) is 0. The van der Waals surface area contributed by atoms with Gasteiger partial charge in [0, 0.05) is 18.6 Å².